The fourth-order valence-corrected chi connectivity index (χ4v) is 3.69. The van der Waals surface area contributed by atoms with Crippen molar-refractivity contribution in [2.24, 2.45) is 11.0 Å². The molecule has 0 spiro atoms. The van der Waals surface area contributed by atoms with E-state index in [1.165, 1.54) is 25.9 Å². The lowest BCUT2D eigenvalue weighted by molar-refractivity contribution is 0.0812. The minimum absolute atomic E-state index is 0.280. The lowest BCUT2D eigenvalue weighted by atomic mass is 9.84. The maximum absolute atomic E-state index is 5.35. The van der Waals surface area contributed by atoms with E-state index in [0.29, 0.717) is 11.2 Å². The van der Waals surface area contributed by atoms with Crippen molar-refractivity contribution in [1.29, 1.82) is 0 Å². The molecule has 122 valence electrons. The predicted molar refractivity (Wildman–Crippen MR) is 92.0 cm³/mol. The Balaban J connectivity index is 1.29. The highest BCUT2D eigenvalue weighted by Crippen LogP contribution is 2.32. The van der Waals surface area contributed by atoms with Crippen LogP contribution in [-0.2, 0) is 0 Å². The van der Waals surface area contributed by atoms with E-state index in [1.54, 1.807) is 6.21 Å². The van der Waals surface area contributed by atoms with Gasteiger partial charge in [-0.2, -0.15) is 5.10 Å². The Morgan fingerprint density at radius 3 is 2.87 bits per heavy atom. The molecule has 2 bridgehead atoms. The summed E-state index contributed by atoms with van der Waals surface area (Å²) in [5.74, 6) is 2.26. The van der Waals surface area contributed by atoms with E-state index in [1.807, 2.05) is 18.2 Å². The van der Waals surface area contributed by atoms with Gasteiger partial charge in [-0.05, 0) is 67.8 Å². The van der Waals surface area contributed by atoms with Gasteiger partial charge in [0.1, 0.15) is 0 Å². The lowest BCUT2D eigenvalue weighted by Crippen LogP contribution is -2.58. The predicted octanol–water partition coefficient (Wildman–Crippen LogP) is 1.31. The first-order valence-corrected chi connectivity index (χ1v) is 8.40. The van der Waals surface area contributed by atoms with Crippen molar-refractivity contribution in [3.05, 3.63) is 23.8 Å². The number of hydrazone groups is 1. The maximum atomic E-state index is 5.35. The zero-order chi connectivity index (χ0) is 15.6. The van der Waals surface area contributed by atoms with Crippen molar-refractivity contribution in [2.45, 2.75) is 18.9 Å². The van der Waals surface area contributed by atoms with Crippen molar-refractivity contribution in [3.8, 4) is 11.5 Å². The van der Waals surface area contributed by atoms with Gasteiger partial charge < -0.3 is 19.7 Å². The second-order valence-corrected chi connectivity index (χ2v) is 6.61. The van der Waals surface area contributed by atoms with Crippen LogP contribution in [0.15, 0.2) is 23.3 Å². The first-order chi connectivity index (χ1) is 11.3. The number of nitrogens with one attached hydrogen (secondary N) is 2. The largest absolute Gasteiger partial charge is 0.454 e. The molecule has 3 saturated heterocycles. The van der Waals surface area contributed by atoms with Gasteiger partial charge in [0.15, 0.2) is 16.6 Å². The first kappa shape index (κ1) is 14.7. The average Bonchev–Trinajstić information content (AvgIpc) is 3.03. The molecule has 4 heterocycles. The number of piperidine rings is 3. The molecule has 0 amide bonds. The smallest absolute Gasteiger partial charge is 0.231 e. The number of rotatable bonds is 3. The first-order valence-electron chi connectivity index (χ1n) is 7.99. The lowest BCUT2D eigenvalue weighted by Gasteiger charge is -2.45. The van der Waals surface area contributed by atoms with Gasteiger partial charge in [0, 0.05) is 12.6 Å². The van der Waals surface area contributed by atoms with Crippen LogP contribution in [0, 0.1) is 5.92 Å². The molecule has 1 atom stereocenters. The summed E-state index contributed by atoms with van der Waals surface area (Å²) in [5.41, 5.74) is 3.84. The molecule has 0 saturated carbocycles. The fourth-order valence-electron chi connectivity index (χ4n) is 3.49. The summed E-state index contributed by atoms with van der Waals surface area (Å²) in [6.07, 6.45) is 4.26. The van der Waals surface area contributed by atoms with E-state index in [2.05, 4.69) is 20.7 Å². The molecule has 2 N–H and O–H groups in total. The van der Waals surface area contributed by atoms with Gasteiger partial charge in [-0.3, -0.25) is 5.43 Å². The molecule has 6 nitrogen and oxygen atoms in total. The molecule has 4 aliphatic rings. The van der Waals surface area contributed by atoms with Crippen LogP contribution in [0.5, 0.6) is 11.5 Å². The number of nitrogens with zero attached hydrogens (tertiary/aromatic N) is 2. The zero-order valence-corrected chi connectivity index (χ0v) is 13.6. The van der Waals surface area contributed by atoms with Crippen LogP contribution in [0.2, 0.25) is 0 Å². The van der Waals surface area contributed by atoms with Crippen LogP contribution < -0.4 is 20.2 Å². The summed E-state index contributed by atoms with van der Waals surface area (Å²) in [7, 11) is 0. The molecule has 0 aromatic heterocycles. The van der Waals surface area contributed by atoms with E-state index >= 15 is 0 Å². The topological polar surface area (TPSA) is 58.1 Å². The number of hydrogen-bond acceptors (Lipinski definition) is 5. The Morgan fingerprint density at radius 1 is 1.26 bits per heavy atom. The summed E-state index contributed by atoms with van der Waals surface area (Å²) in [4.78, 5) is 2.50. The van der Waals surface area contributed by atoms with Crippen LogP contribution in [0.25, 0.3) is 0 Å². The molecule has 5 rings (SSSR count). The molecule has 0 aliphatic carbocycles. The summed E-state index contributed by atoms with van der Waals surface area (Å²) in [5, 5.41) is 8.19. The number of benzene rings is 1. The molecule has 0 radical (unpaired) electrons. The number of fused-ring (bicyclic) bond motifs is 4. The van der Waals surface area contributed by atoms with Gasteiger partial charge in [-0.1, -0.05) is 0 Å². The maximum Gasteiger partial charge on any atom is 0.231 e. The highest BCUT2D eigenvalue weighted by Gasteiger charge is 2.34. The quantitative estimate of drug-likeness (QED) is 0.494. The number of thiocarbonyl (C=S) groups is 1. The molecule has 4 aliphatic heterocycles. The number of hydrogen-bond donors (Lipinski definition) is 2. The van der Waals surface area contributed by atoms with Gasteiger partial charge in [0.2, 0.25) is 6.79 Å². The Bertz CT molecular complexity index is 629. The van der Waals surface area contributed by atoms with Gasteiger partial charge in [0.05, 0.1) is 6.21 Å². The van der Waals surface area contributed by atoms with Gasteiger partial charge in [-0.25, -0.2) is 0 Å². The fraction of sp³-hybridized carbons (Fsp3) is 0.500. The van der Waals surface area contributed by atoms with E-state index in [0.717, 1.165) is 29.5 Å². The third-order valence-corrected chi connectivity index (χ3v) is 4.96. The Morgan fingerprint density at radius 2 is 2.09 bits per heavy atom. The van der Waals surface area contributed by atoms with E-state index in [-0.39, 0.29) is 6.79 Å². The highest BCUT2D eigenvalue weighted by molar-refractivity contribution is 7.80. The molecule has 1 aromatic carbocycles. The van der Waals surface area contributed by atoms with E-state index in [9.17, 15) is 0 Å². The van der Waals surface area contributed by atoms with Gasteiger partial charge >= 0.3 is 0 Å². The Hall–Kier alpha value is -1.86. The SMILES string of the molecule is S=C(NN=Cc1ccc2c(c1)OCO2)NC1CN2CCC1CC2. The molecule has 1 unspecified atom stereocenters. The van der Waals surface area contributed by atoms with Crippen LogP contribution >= 0.6 is 12.2 Å². The molecular formula is C16H20N4O2S. The van der Waals surface area contributed by atoms with E-state index in [4.69, 9.17) is 21.7 Å². The van der Waals surface area contributed by atoms with Crippen LogP contribution in [0.3, 0.4) is 0 Å². The third-order valence-electron chi connectivity index (χ3n) is 4.75. The van der Waals surface area contributed by atoms with Crippen LogP contribution in [-0.4, -0.2) is 48.7 Å². The summed E-state index contributed by atoms with van der Waals surface area (Å²) >= 11 is 5.35. The molecular weight excluding hydrogens is 312 g/mol. The normalized spacial score (nSPS) is 28.1. The third kappa shape index (κ3) is 3.25. The van der Waals surface area contributed by atoms with Crippen LogP contribution in [0.1, 0.15) is 18.4 Å². The minimum Gasteiger partial charge on any atom is -0.454 e. The summed E-state index contributed by atoms with van der Waals surface area (Å²) in [6, 6.07) is 6.16. The van der Waals surface area contributed by atoms with Crippen molar-refractivity contribution >= 4 is 23.5 Å². The summed E-state index contributed by atoms with van der Waals surface area (Å²) < 4.78 is 10.6. The van der Waals surface area contributed by atoms with Gasteiger partial charge in [0.25, 0.3) is 0 Å². The second-order valence-electron chi connectivity index (χ2n) is 6.20. The van der Waals surface area contributed by atoms with Crippen molar-refractivity contribution in [1.82, 2.24) is 15.6 Å². The highest BCUT2D eigenvalue weighted by atomic mass is 32.1. The average molecular weight is 332 g/mol. The molecule has 3 fully saturated rings. The second kappa shape index (κ2) is 6.33. The van der Waals surface area contributed by atoms with E-state index < -0.39 is 0 Å². The summed E-state index contributed by atoms with van der Waals surface area (Å²) in [6.45, 7) is 3.82. The van der Waals surface area contributed by atoms with Crippen molar-refractivity contribution < 1.29 is 9.47 Å². The zero-order valence-electron chi connectivity index (χ0n) is 12.8. The van der Waals surface area contributed by atoms with Crippen molar-refractivity contribution in [2.75, 3.05) is 26.4 Å². The van der Waals surface area contributed by atoms with Gasteiger partial charge in [-0.15, -0.1) is 0 Å². The molecule has 23 heavy (non-hydrogen) atoms. The monoisotopic (exact) mass is 332 g/mol. The Labute approximate surface area is 140 Å². The van der Waals surface area contributed by atoms with Crippen LogP contribution in [0.4, 0.5) is 0 Å². The number of ether oxygens (including phenoxy) is 2. The minimum atomic E-state index is 0.280. The standard InChI is InChI=1S/C16H20N4O2S/c23-16(18-13-9-20-5-3-12(13)4-6-20)19-17-8-11-1-2-14-15(7-11)22-10-21-14/h1-2,7-8,12-13H,3-6,9-10H2,(H2,18,19,23). The van der Waals surface area contributed by atoms with Crippen molar-refractivity contribution in [3.63, 3.8) is 0 Å². The molecule has 7 heteroatoms. The Kier molecular flexibility index (Phi) is 4.05. The molecule has 1 aromatic rings.